The van der Waals surface area contributed by atoms with Crippen molar-refractivity contribution < 1.29 is 28.9 Å². The zero-order chi connectivity index (χ0) is 22.5. The number of ether oxygens (including phenoxy) is 1. The van der Waals surface area contributed by atoms with E-state index in [1.54, 1.807) is 24.3 Å². The molecule has 3 aromatic carbocycles. The molecule has 0 unspecified atom stereocenters. The number of rotatable bonds is 7. The summed E-state index contributed by atoms with van der Waals surface area (Å²) < 4.78 is 19.9. The van der Waals surface area contributed by atoms with Crippen molar-refractivity contribution in [1.82, 2.24) is 5.32 Å². The molecule has 0 fully saturated rings. The Morgan fingerprint density at radius 2 is 1.61 bits per heavy atom. The molecule has 0 atom stereocenters. The molecule has 0 bridgehead atoms. The van der Waals surface area contributed by atoms with Gasteiger partial charge in [0.2, 0.25) is 0 Å². The van der Waals surface area contributed by atoms with E-state index in [2.05, 4.69) is 37.2 Å². The van der Waals surface area contributed by atoms with Crippen LogP contribution in [0, 0.1) is 5.82 Å². The fourth-order valence-electron chi connectivity index (χ4n) is 2.74. The van der Waals surface area contributed by atoms with Crippen LogP contribution in [0.2, 0.25) is 0 Å². The number of aromatic hydroxyl groups is 1. The van der Waals surface area contributed by atoms with E-state index in [-0.39, 0.29) is 35.8 Å². The molecule has 1 amide bonds. The Kier molecular flexibility index (Phi) is 7.29. The van der Waals surface area contributed by atoms with Gasteiger partial charge < -0.3 is 20.3 Å². The largest absolute Gasteiger partial charge is 0.507 e. The summed E-state index contributed by atoms with van der Waals surface area (Å²) in [4.78, 5) is 23.4. The summed E-state index contributed by atoms with van der Waals surface area (Å²) in [5.41, 5.74) is 1.29. The van der Waals surface area contributed by atoms with E-state index < -0.39 is 11.9 Å². The lowest BCUT2D eigenvalue weighted by molar-refractivity contribution is -0.136. The van der Waals surface area contributed by atoms with Gasteiger partial charge >= 0.3 is 5.97 Å². The number of amides is 1. The predicted octanol–water partition coefficient (Wildman–Crippen LogP) is 5.41. The summed E-state index contributed by atoms with van der Waals surface area (Å²) in [5.74, 6) is -1.40. The Morgan fingerprint density at radius 3 is 2.23 bits per heavy atom. The minimum Gasteiger partial charge on any atom is -0.507 e. The first-order chi connectivity index (χ1) is 14.7. The molecular weight excluding hydrogens is 537 g/mol. The molecular formula is C22H16Br2FNO5. The average Bonchev–Trinajstić information content (AvgIpc) is 2.70. The number of hydrogen-bond acceptors (Lipinski definition) is 4. The first-order valence-corrected chi connectivity index (χ1v) is 10.5. The Labute approximate surface area is 193 Å². The molecule has 31 heavy (non-hydrogen) atoms. The third-order valence-electron chi connectivity index (χ3n) is 4.21. The normalized spacial score (nSPS) is 10.5. The van der Waals surface area contributed by atoms with Gasteiger partial charge in [0.05, 0.1) is 20.9 Å². The number of carboxylic acid groups (broad SMARTS) is 1. The number of nitrogens with one attached hydrogen (secondary N) is 1. The quantitative estimate of drug-likeness (QED) is 0.364. The van der Waals surface area contributed by atoms with Crippen molar-refractivity contribution in [2.24, 2.45) is 0 Å². The third kappa shape index (κ3) is 6.05. The molecule has 160 valence electrons. The van der Waals surface area contributed by atoms with Crippen molar-refractivity contribution in [3.05, 3.63) is 86.1 Å². The average molecular weight is 553 g/mol. The summed E-state index contributed by atoms with van der Waals surface area (Å²) >= 11 is 6.72. The number of carbonyl (C=O) groups excluding carboxylic acids is 1. The molecule has 0 aliphatic heterocycles. The number of carboxylic acids is 1. The third-order valence-corrected chi connectivity index (χ3v) is 5.39. The van der Waals surface area contributed by atoms with Crippen molar-refractivity contribution in [2.45, 2.75) is 13.0 Å². The molecule has 9 heteroatoms. The lowest BCUT2D eigenvalue weighted by Gasteiger charge is -2.13. The van der Waals surface area contributed by atoms with Crippen LogP contribution in [0.1, 0.15) is 21.5 Å². The molecule has 6 nitrogen and oxygen atoms in total. The molecule has 0 aliphatic carbocycles. The molecule has 0 radical (unpaired) electrons. The molecule has 0 saturated heterocycles. The van der Waals surface area contributed by atoms with Gasteiger partial charge in [0.15, 0.2) is 5.75 Å². The van der Waals surface area contributed by atoms with Crippen molar-refractivity contribution in [2.75, 3.05) is 0 Å². The van der Waals surface area contributed by atoms with Gasteiger partial charge in [-0.2, -0.15) is 0 Å². The Morgan fingerprint density at radius 1 is 0.968 bits per heavy atom. The lowest BCUT2D eigenvalue weighted by atomic mass is 10.1. The van der Waals surface area contributed by atoms with Gasteiger partial charge in [0, 0.05) is 6.54 Å². The summed E-state index contributed by atoms with van der Waals surface area (Å²) in [7, 11) is 0. The lowest BCUT2D eigenvalue weighted by Crippen LogP contribution is -2.22. The second-order valence-corrected chi connectivity index (χ2v) is 8.26. The fraction of sp³-hybridized carbons (Fsp3) is 0.0909. The summed E-state index contributed by atoms with van der Waals surface area (Å²) in [6.07, 6.45) is -0.144. The minimum atomic E-state index is -0.956. The van der Waals surface area contributed by atoms with E-state index in [1.807, 2.05) is 0 Å². The van der Waals surface area contributed by atoms with Crippen LogP contribution in [0.15, 0.2) is 63.5 Å². The van der Waals surface area contributed by atoms with Crippen LogP contribution in [0.5, 0.6) is 17.2 Å². The van der Waals surface area contributed by atoms with Crippen molar-refractivity contribution in [3.63, 3.8) is 0 Å². The van der Waals surface area contributed by atoms with Gasteiger partial charge in [0.1, 0.15) is 17.3 Å². The van der Waals surface area contributed by atoms with Crippen LogP contribution in [-0.4, -0.2) is 22.1 Å². The summed E-state index contributed by atoms with van der Waals surface area (Å²) in [6.45, 7) is 0.159. The molecule has 3 N–H and O–H groups in total. The van der Waals surface area contributed by atoms with Crippen molar-refractivity contribution >= 4 is 43.7 Å². The van der Waals surface area contributed by atoms with E-state index in [4.69, 9.17) is 9.84 Å². The van der Waals surface area contributed by atoms with Crippen LogP contribution in [0.4, 0.5) is 4.39 Å². The Hall–Kier alpha value is -2.91. The molecule has 0 aliphatic rings. The fourth-order valence-corrected chi connectivity index (χ4v) is 4.19. The second kappa shape index (κ2) is 9.93. The van der Waals surface area contributed by atoms with Crippen molar-refractivity contribution in [3.8, 4) is 17.2 Å². The monoisotopic (exact) mass is 551 g/mol. The van der Waals surface area contributed by atoms with E-state index >= 15 is 0 Å². The summed E-state index contributed by atoms with van der Waals surface area (Å²) in [6, 6.07) is 13.2. The van der Waals surface area contributed by atoms with Gasteiger partial charge in [-0.25, -0.2) is 4.39 Å². The van der Waals surface area contributed by atoms with E-state index in [9.17, 15) is 19.1 Å². The number of phenols is 1. The van der Waals surface area contributed by atoms with Crippen LogP contribution < -0.4 is 10.1 Å². The maximum atomic E-state index is 13.0. The number of hydrogen-bond donors (Lipinski definition) is 3. The number of carbonyl (C=O) groups is 2. The van der Waals surface area contributed by atoms with Crippen LogP contribution >= 0.6 is 31.9 Å². The molecule has 0 aromatic heterocycles. The van der Waals surface area contributed by atoms with E-state index in [0.29, 0.717) is 25.8 Å². The first kappa shape index (κ1) is 22.8. The topological polar surface area (TPSA) is 95.9 Å². The standard InChI is InChI=1S/C22H16Br2FNO5/c23-17-7-13(9-20(28)29)8-18(24)21(17)31-15-5-6-19(27)16(10-15)22(30)26-11-12-1-3-14(25)4-2-12/h1-8,10,27H,9,11H2,(H,26,30)(H,28,29). The van der Waals surface area contributed by atoms with E-state index in [1.165, 1.54) is 30.3 Å². The second-order valence-electron chi connectivity index (χ2n) is 6.55. The first-order valence-electron chi connectivity index (χ1n) is 8.96. The highest BCUT2D eigenvalue weighted by atomic mass is 79.9. The van der Waals surface area contributed by atoms with E-state index in [0.717, 1.165) is 0 Å². The highest BCUT2D eigenvalue weighted by Crippen LogP contribution is 2.38. The highest BCUT2D eigenvalue weighted by molar-refractivity contribution is 9.11. The van der Waals surface area contributed by atoms with Gasteiger partial charge in [-0.3, -0.25) is 9.59 Å². The Balaban J connectivity index is 1.77. The number of benzene rings is 3. The van der Waals surface area contributed by atoms with Gasteiger partial charge in [-0.05, 0) is 85.5 Å². The van der Waals surface area contributed by atoms with Crippen LogP contribution in [-0.2, 0) is 17.8 Å². The predicted molar refractivity (Wildman–Crippen MR) is 119 cm³/mol. The Bertz CT molecular complexity index is 1110. The van der Waals surface area contributed by atoms with Gasteiger partial charge in [-0.15, -0.1) is 0 Å². The van der Waals surface area contributed by atoms with Gasteiger partial charge in [-0.1, -0.05) is 12.1 Å². The number of aliphatic carboxylic acids is 1. The maximum Gasteiger partial charge on any atom is 0.307 e. The zero-order valence-electron chi connectivity index (χ0n) is 15.9. The van der Waals surface area contributed by atoms with Crippen molar-refractivity contribution in [1.29, 1.82) is 0 Å². The molecule has 0 heterocycles. The number of phenolic OH excluding ortho intramolecular Hbond substituents is 1. The molecule has 0 spiro atoms. The maximum absolute atomic E-state index is 13.0. The zero-order valence-corrected chi connectivity index (χ0v) is 19.0. The minimum absolute atomic E-state index is 0.00866. The van der Waals surface area contributed by atoms with Crippen LogP contribution in [0.25, 0.3) is 0 Å². The number of halogens is 3. The van der Waals surface area contributed by atoms with Crippen LogP contribution in [0.3, 0.4) is 0 Å². The van der Waals surface area contributed by atoms with Gasteiger partial charge in [0.25, 0.3) is 5.91 Å². The highest BCUT2D eigenvalue weighted by Gasteiger charge is 2.16. The summed E-state index contributed by atoms with van der Waals surface area (Å²) in [5, 5.41) is 21.7. The SMILES string of the molecule is O=C(O)Cc1cc(Br)c(Oc2ccc(O)c(C(=O)NCc3ccc(F)cc3)c2)c(Br)c1. The molecule has 3 rings (SSSR count). The smallest absolute Gasteiger partial charge is 0.307 e. The molecule has 0 saturated carbocycles. The molecule has 3 aromatic rings.